The Hall–Kier alpha value is -2.02. The van der Waals surface area contributed by atoms with Crippen LogP contribution < -0.4 is 15.5 Å². The summed E-state index contributed by atoms with van der Waals surface area (Å²) in [5.41, 5.74) is 3.11. The van der Waals surface area contributed by atoms with Gasteiger partial charge in [0.25, 0.3) is 0 Å². The van der Waals surface area contributed by atoms with Gasteiger partial charge in [-0.15, -0.1) is 11.3 Å². The highest BCUT2D eigenvalue weighted by Crippen LogP contribution is 2.31. The third-order valence-electron chi connectivity index (χ3n) is 3.57. The van der Waals surface area contributed by atoms with Gasteiger partial charge in [0, 0.05) is 11.3 Å². The number of benzene rings is 2. The van der Waals surface area contributed by atoms with Crippen molar-refractivity contribution in [1.29, 1.82) is 0 Å². The zero-order valence-corrected chi connectivity index (χ0v) is 15.4. The largest absolute Gasteiger partial charge is 0.357 e. The molecule has 0 bridgehead atoms. The van der Waals surface area contributed by atoms with Crippen molar-refractivity contribution in [1.82, 2.24) is 10.3 Å². The zero-order valence-electron chi connectivity index (χ0n) is 13.8. The Bertz CT molecular complexity index is 809. The van der Waals surface area contributed by atoms with Crippen LogP contribution in [0.5, 0.6) is 0 Å². The first-order valence-corrected chi connectivity index (χ1v) is 9.14. The molecule has 0 unspecified atom stereocenters. The number of aromatic nitrogens is 1. The molecule has 0 amide bonds. The minimum absolute atomic E-state index is 0.651. The number of thiocarbonyl (C=S) groups is 1. The van der Waals surface area contributed by atoms with Gasteiger partial charge in [-0.3, -0.25) is 0 Å². The number of quaternary nitrogens is 1. The lowest BCUT2D eigenvalue weighted by atomic mass is 10.2. The fourth-order valence-electron chi connectivity index (χ4n) is 2.33. The fourth-order valence-corrected chi connectivity index (χ4v) is 3.51. The summed E-state index contributed by atoms with van der Waals surface area (Å²) in [6.07, 6.45) is 0. The number of anilines is 1. The van der Waals surface area contributed by atoms with Crippen LogP contribution in [0.25, 0.3) is 20.8 Å². The van der Waals surface area contributed by atoms with Crippen LogP contribution in [0.2, 0.25) is 0 Å². The Morgan fingerprint density at radius 2 is 2.00 bits per heavy atom. The molecule has 0 aliphatic rings. The molecule has 124 valence electrons. The number of hydrogen-bond donors (Lipinski definition) is 3. The van der Waals surface area contributed by atoms with Crippen LogP contribution in [0.4, 0.5) is 5.69 Å². The number of nitrogens with zero attached hydrogens (tertiary/aromatic N) is 1. The van der Waals surface area contributed by atoms with Crippen molar-refractivity contribution in [3.05, 3.63) is 48.5 Å². The molecular weight excluding hydrogens is 336 g/mol. The lowest BCUT2D eigenvalue weighted by molar-refractivity contribution is -0.856. The Kier molecular flexibility index (Phi) is 5.40. The molecule has 24 heavy (non-hydrogen) atoms. The molecule has 3 aromatic rings. The molecule has 3 rings (SSSR count). The molecule has 0 saturated carbocycles. The highest BCUT2D eigenvalue weighted by molar-refractivity contribution is 7.80. The van der Waals surface area contributed by atoms with E-state index in [1.54, 1.807) is 11.3 Å². The Morgan fingerprint density at radius 1 is 1.17 bits per heavy atom. The highest BCUT2D eigenvalue weighted by Gasteiger charge is 2.07. The minimum Gasteiger partial charge on any atom is -0.357 e. The van der Waals surface area contributed by atoms with Gasteiger partial charge in [0.15, 0.2) is 5.11 Å². The molecular formula is C18H21N4S2+. The Morgan fingerprint density at radius 3 is 2.79 bits per heavy atom. The Balaban J connectivity index is 1.71. The van der Waals surface area contributed by atoms with Crippen LogP contribution >= 0.6 is 23.6 Å². The van der Waals surface area contributed by atoms with E-state index in [4.69, 9.17) is 17.2 Å². The van der Waals surface area contributed by atoms with Crippen LogP contribution in [-0.2, 0) is 0 Å². The summed E-state index contributed by atoms with van der Waals surface area (Å²) < 4.78 is 1.20. The fraction of sp³-hybridized carbons (Fsp3) is 0.222. The smallest absolute Gasteiger partial charge is 0.170 e. The number of likely N-dealkylation sites (N-methyl/N-ethyl adjacent to an activating group) is 1. The van der Waals surface area contributed by atoms with Crippen molar-refractivity contribution < 1.29 is 4.90 Å². The van der Waals surface area contributed by atoms with E-state index in [1.807, 2.05) is 30.3 Å². The summed E-state index contributed by atoms with van der Waals surface area (Å²) in [5, 5.41) is 8.15. The maximum atomic E-state index is 5.36. The van der Waals surface area contributed by atoms with Gasteiger partial charge in [-0.2, -0.15) is 0 Å². The van der Waals surface area contributed by atoms with Gasteiger partial charge in [0.2, 0.25) is 0 Å². The average Bonchev–Trinajstić information content (AvgIpc) is 2.99. The predicted octanol–water partition coefficient (Wildman–Crippen LogP) is 2.39. The molecule has 1 aromatic heterocycles. The second kappa shape index (κ2) is 7.70. The monoisotopic (exact) mass is 357 g/mol. The quantitative estimate of drug-likeness (QED) is 0.614. The van der Waals surface area contributed by atoms with Gasteiger partial charge in [0.1, 0.15) is 5.01 Å². The number of fused-ring (bicyclic) bond motifs is 1. The molecule has 1 heterocycles. The number of hydrogen-bond acceptors (Lipinski definition) is 3. The molecule has 2 aromatic carbocycles. The van der Waals surface area contributed by atoms with E-state index >= 15 is 0 Å². The summed E-state index contributed by atoms with van der Waals surface area (Å²) in [4.78, 5) is 6.10. The van der Waals surface area contributed by atoms with E-state index in [9.17, 15) is 0 Å². The second-order valence-corrected chi connectivity index (χ2v) is 7.34. The average molecular weight is 358 g/mol. The third-order valence-corrected chi connectivity index (χ3v) is 4.90. The number of rotatable bonds is 5. The van der Waals surface area contributed by atoms with Gasteiger partial charge in [0.05, 0.1) is 37.4 Å². The summed E-state index contributed by atoms with van der Waals surface area (Å²) in [5.74, 6) is 0. The lowest BCUT2D eigenvalue weighted by Gasteiger charge is -2.12. The summed E-state index contributed by atoms with van der Waals surface area (Å²) in [6, 6.07) is 16.4. The van der Waals surface area contributed by atoms with Gasteiger partial charge in [-0.05, 0) is 36.5 Å². The van der Waals surface area contributed by atoms with Crippen LogP contribution in [0.3, 0.4) is 0 Å². The van der Waals surface area contributed by atoms with Gasteiger partial charge in [-0.1, -0.05) is 24.3 Å². The normalized spacial score (nSPS) is 11.0. The van der Waals surface area contributed by atoms with Crippen molar-refractivity contribution in [2.75, 3.05) is 32.5 Å². The predicted molar refractivity (Wildman–Crippen MR) is 107 cm³/mol. The standard InChI is InChI=1S/C18H20N4S2/c1-22(2)11-10-19-18(23)20-14-7-5-6-13(12-14)17-21-15-8-3-4-9-16(15)24-17/h3-9,12H,10-11H2,1-2H3,(H2,19,20,23)/p+1. The van der Waals surface area contributed by atoms with Gasteiger partial charge >= 0.3 is 0 Å². The van der Waals surface area contributed by atoms with Crippen molar-refractivity contribution in [3.63, 3.8) is 0 Å². The Labute approximate surface area is 151 Å². The van der Waals surface area contributed by atoms with Crippen LogP contribution in [0, 0.1) is 0 Å². The van der Waals surface area contributed by atoms with Gasteiger partial charge in [-0.25, -0.2) is 4.98 Å². The number of nitrogens with one attached hydrogen (secondary N) is 3. The zero-order chi connectivity index (χ0) is 16.9. The van der Waals surface area contributed by atoms with E-state index in [1.165, 1.54) is 9.60 Å². The van der Waals surface area contributed by atoms with E-state index < -0.39 is 0 Å². The van der Waals surface area contributed by atoms with E-state index in [0.29, 0.717) is 5.11 Å². The molecule has 0 aliphatic heterocycles. The first kappa shape index (κ1) is 16.8. The summed E-state index contributed by atoms with van der Waals surface area (Å²) in [7, 11) is 4.25. The lowest BCUT2D eigenvalue weighted by Crippen LogP contribution is -3.06. The van der Waals surface area contributed by atoms with Crippen molar-refractivity contribution in [2.24, 2.45) is 0 Å². The summed E-state index contributed by atoms with van der Waals surface area (Å²) in [6.45, 7) is 1.87. The number of para-hydroxylation sites is 1. The molecule has 0 aliphatic carbocycles. The molecule has 0 fully saturated rings. The molecule has 0 saturated heterocycles. The first-order chi connectivity index (χ1) is 11.6. The van der Waals surface area contributed by atoms with Crippen molar-refractivity contribution in [3.8, 4) is 10.6 Å². The molecule has 4 nitrogen and oxygen atoms in total. The minimum atomic E-state index is 0.651. The van der Waals surface area contributed by atoms with E-state index in [-0.39, 0.29) is 0 Å². The number of thiazole rings is 1. The SMILES string of the molecule is C[NH+](C)CCNC(=S)Nc1cccc(-c2nc3ccccc3s2)c1. The van der Waals surface area contributed by atoms with Crippen molar-refractivity contribution in [2.45, 2.75) is 0 Å². The highest BCUT2D eigenvalue weighted by atomic mass is 32.1. The molecule has 3 N–H and O–H groups in total. The van der Waals surface area contributed by atoms with Crippen molar-refractivity contribution >= 4 is 44.6 Å². The molecule has 6 heteroatoms. The van der Waals surface area contributed by atoms with Crippen LogP contribution in [0.1, 0.15) is 0 Å². The van der Waals surface area contributed by atoms with Crippen LogP contribution in [-0.4, -0.2) is 37.3 Å². The maximum absolute atomic E-state index is 5.36. The van der Waals surface area contributed by atoms with E-state index in [0.717, 1.165) is 34.9 Å². The van der Waals surface area contributed by atoms with Gasteiger partial charge < -0.3 is 15.5 Å². The first-order valence-electron chi connectivity index (χ1n) is 7.92. The molecule has 0 spiro atoms. The van der Waals surface area contributed by atoms with E-state index in [2.05, 4.69) is 42.9 Å². The third kappa shape index (κ3) is 4.29. The molecule has 0 radical (unpaired) electrons. The second-order valence-electron chi connectivity index (χ2n) is 5.91. The molecule has 0 atom stereocenters. The maximum Gasteiger partial charge on any atom is 0.170 e. The topological polar surface area (TPSA) is 41.4 Å². The summed E-state index contributed by atoms with van der Waals surface area (Å²) >= 11 is 7.06. The van der Waals surface area contributed by atoms with Crippen LogP contribution in [0.15, 0.2) is 48.5 Å².